The quantitative estimate of drug-likeness (QED) is 0.806. The molecule has 0 radical (unpaired) electrons. The summed E-state index contributed by atoms with van der Waals surface area (Å²) < 4.78 is 2.15. The van der Waals surface area contributed by atoms with Gasteiger partial charge in [-0.3, -0.25) is 4.79 Å². The van der Waals surface area contributed by atoms with Crippen LogP contribution >= 0.6 is 0 Å². The molecule has 6 heteroatoms. The number of aromatic nitrogens is 3. The fourth-order valence-corrected chi connectivity index (χ4v) is 2.27. The minimum atomic E-state index is -0.0854. The monoisotopic (exact) mass is 277 g/mol. The van der Waals surface area contributed by atoms with Gasteiger partial charge in [0.1, 0.15) is 5.82 Å². The van der Waals surface area contributed by atoms with Crippen LogP contribution in [0.1, 0.15) is 30.9 Å². The average molecular weight is 277 g/mol. The van der Waals surface area contributed by atoms with Crippen LogP contribution in [-0.2, 0) is 24.3 Å². The molecule has 2 heterocycles. The third kappa shape index (κ3) is 4.16. The van der Waals surface area contributed by atoms with E-state index in [9.17, 15) is 4.79 Å². The first-order chi connectivity index (χ1) is 9.66. The molecule has 1 amide bonds. The summed E-state index contributed by atoms with van der Waals surface area (Å²) >= 11 is 0. The number of nitrogens with one attached hydrogen (secondary N) is 1. The molecule has 110 valence electrons. The largest absolute Gasteiger partial charge is 0.345 e. The van der Waals surface area contributed by atoms with Gasteiger partial charge in [-0.05, 0) is 26.9 Å². The van der Waals surface area contributed by atoms with Gasteiger partial charge < -0.3 is 14.8 Å². The molecule has 0 saturated carbocycles. The maximum atomic E-state index is 11.7. The topological polar surface area (TPSA) is 63.1 Å². The number of fused-ring (bicyclic) bond motifs is 1. The predicted octanol–water partition coefficient (Wildman–Crippen LogP) is 0.738. The summed E-state index contributed by atoms with van der Waals surface area (Å²) in [6, 6.07) is 0. The van der Waals surface area contributed by atoms with Gasteiger partial charge in [0.25, 0.3) is 0 Å². The van der Waals surface area contributed by atoms with E-state index in [2.05, 4.69) is 20.1 Å². The van der Waals surface area contributed by atoms with Crippen LogP contribution in [0.4, 0.5) is 0 Å². The molecule has 6 nitrogen and oxygen atoms in total. The molecule has 1 N–H and O–H groups in total. The van der Waals surface area contributed by atoms with Crippen molar-refractivity contribution in [3.63, 3.8) is 0 Å². The summed E-state index contributed by atoms with van der Waals surface area (Å²) in [6.45, 7) is 2.16. The highest BCUT2D eigenvalue weighted by atomic mass is 16.1. The summed E-state index contributed by atoms with van der Waals surface area (Å²) in [5.41, 5.74) is 0. The number of aryl methyl sites for hydroxylation is 1. The molecule has 0 bridgehead atoms. The van der Waals surface area contributed by atoms with Crippen LogP contribution in [0.15, 0.2) is 12.2 Å². The highest BCUT2D eigenvalue weighted by Gasteiger charge is 2.14. The van der Waals surface area contributed by atoms with Crippen molar-refractivity contribution >= 4 is 5.91 Å². The molecule has 2 rings (SSSR count). The molecule has 1 aromatic heterocycles. The molecule has 0 saturated heterocycles. The summed E-state index contributed by atoms with van der Waals surface area (Å²) in [6.07, 6.45) is 7.98. The number of carbonyl (C=O) groups excluding carboxylic acids is 1. The number of nitrogens with zero attached hydrogens (tertiary/aromatic N) is 4. The molecule has 0 aliphatic carbocycles. The van der Waals surface area contributed by atoms with Gasteiger partial charge in [0.2, 0.25) is 5.91 Å². The Kier molecular flexibility index (Phi) is 5.29. The number of hydrogen-bond acceptors (Lipinski definition) is 4. The molecule has 1 aliphatic rings. The zero-order chi connectivity index (χ0) is 14.4. The number of amides is 1. The lowest BCUT2D eigenvalue weighted by Gasteiger charge is -2.07. The van der Waals surface area contributed by atoms with E-state index in [0.29, 0.717) is 6.54 Å². The smallest absolute Gasteiger partial charge is 0.244 e. The van der Waals surface area contributed by atoms with Gasteiger partial charge in [0, 0.05) is 25.6 Å². The van der Waals surface area contributed by atoms with Crippen LogP contribution in [0.3, 0.4) is 0 Å². The lowest BCUT2D eigenvalue weighted by molar-refractivity contribution is -0.116. The van der Waals surface area contributed by atoms with Gasteiger partial charge >= 0.3 is 0 Å². The molecule has 0 unspecified atom stereocenters. The first kappa shape index (κ1) is 14.7. The van der Waals surface area contributed by atoms with E-state index >= 15 is 0 Å². The van der Waals surface area contributed by atoms with Crippen molar-refractivity contribution in [2.24, 2.45) is 0 Å². The average Bonchev–Trinajstić information content (AvgIpc) is 2.64. The first-order valence-corrected chi connectivity index (χ1v) is 7.17. The van der Waals surface area contributed by atoms with Crippen molar-refractivity contribution in [2.75, 3.05) is 20.6 Å². The summed E-state index contributed by atoms with van der Waals surface area (Å²) in [5, 5.41) is 11.3. The molecule has 0 fully saturated rings. The normalized spacial score (nSPS) is 15.3. The highest BCUT2D eigenvalue weighted by molar-refractivity contribution is 5.87. The fourth-order valence-electron chi connectivity index (χ4n) is 2.27. The Hall–Kier alpha value is -1.69. The van der Waals surface area contributed by atoms with Crippen molar-refractivity contribution in [1.29, 1.82) is 0 Å². The van der Waals surface area contributed by atoms with Gasteiger partial charge in [0.15, 0.2) is 5.82 Å². The van der Waals surface area contributed by atoms with E-state index in [1.807, 2.05) is 25.1 Å². The minimum Gasteiger partial charge on any atom is -0.345 e. The molecule has 0 atom stereocenters. The SMILES string of the molecule is CN(C)C/C=C/C(=O)NCc1nnc2n1CCCCC2. The third-order valence-corrected chi connectivity index (χ3v) is 3.35. The summed E-state index contributed by atoms with van der Waals surface area (Å²) in [4.78, 5) is 13.7. The van der Waals surface area contributed by atoms with Crippen LogP contribution in [0.25, 0.3) is 0 Å². The van der Waals surface area contributed by atoms with Gasteiger partial charge in [-0.1, -0.05) is 12.5 Å². The van der Waals surface area contributed by atoms with Gasteiger partial charge in [-0.15, -0.1) is 10.2 Å². The van der Waals surface area contributed by atoms with Crippen molar-refractivity contribution in [3.05, 3.63) is 23.8 Å². The maximum Gasteiger partial charge on any atom is 0.244 e. The Bertz CT molecular complexity index is 478. The molecular formula is C14H23N5O. The van der Waals surface area contributed by atoms with E-state index in [0.717, 1.165) is 37.6 Å². The van der Waals surface area contributed by atoms with E-state index in [4.69, 9.17) is 0 Å². The molecule has 0 aromatic carbocycles. The fraction of sp³-hybridized carbons (Fsp3) is 0.643. The summed E-state index contributed by atoms with van der Waals surface area (Å²) in [5.74, 6) is 1.82. The summed E-state index contributed by atoms with van der Waals surface area (Å²) in [7, 11) is 3.93. The maximum absolute atomic E-state index is 11.7. The Balaban J connectivity index is 1.86. The number of likely N-dealkylation sites (N-methyl/N-ethyl adjacent to an activating group) is 1. The molecular weight excluding hydrogens is 254 g/mol. The second kappa shape index (κ2) is 7.19. The number of carbonyl (C=O) groups is 1. The van der Waals surface area contributed by atoms with Crippen LogP contribution in [0, 0.1) is 0 Å². The molecule has 0 spiro atoms. The van der Waals surface area contributed by atoms with E-state index in [1.165, 1.54) is 12.8 Å². The predicted molar refractivity (Wildman–Crippen MR) is 77.1 cm³/mol. The second-order valence-corrected chi connectivity index (χ2v) is 5.38. The first-order valence-electron chi connectivity index (χ1n) is 7.17. The van der Waals surface area contributed by atoms with E-state index in [-0.39, 0.29) is 5.91 Å². The lowest BCUT2D eigenvalue weighted by Crippen LogP contribution is -2.23. The Morgan fingerprint density at radius 1 is 1.35 bits per heavy atom. The van der Waals surface area contributed by atoms with Gasteiger partial charge in [-0.25, -0.2) is 0 Å². The van der Waals surface area contributed by atoms with Gasteiger partial charge in [-0.2, -0.15) is 0 Å². The van der Waals surface area contributed by atoms with Crippen molar-refractivity contribution in [2.45, 2.75) is 38.8 Å². The van der Waals surface area contributed by atoms with E-state index in [1.54, 1.807) is 6.08 Å². The minimum absolute atomic E-state index is 0.0854. The Morgan fingerprint density at radius 3 is 3.00 bits per heavy atom. The van der Waals surface area contributed by atoms with Crippen LogP contribution in [-0.4, -0.2) is 46.2 Å². The number of rotatable bonds is 5. The van der Waals surface area contributed by atoms with Crippen LogP contribution in [0.5, 0.6) is 0 Å². The number of hydrogen-bond donors (Lipinski definition) is 1. The highest BCUT2D eigenvalue weighted by Crippen LogP contribution is 2.14. The van der Waals surface area contributed by atoms with Crippen molar-refractivity contribution in [3.8, 4) is 0 Å². The Labute approximate surface area is 119 Å². The van der Waals surface area contributed by atoms with Gasteiger partial charge in [0.05, 0.1) is 6.54 Å². The zero-order valence-electron chi connectivity index (χ0n) is 12.3. The van der Waals surface area contributed by atoms with Crippen LogP contribution < -0.4 is 5.32 Å². The molecule has 1 aliphatic heterocycles. The molecule has 1 aromatic rings. The molecule has 20 heavy (non-hydrogen) atoms. The third-order valence-electron chi connectivity index (χ3n) is 3.35. The second-order valence-electron chi connectivity index (χ2n) is 5.38. The zero-order valence-corrected chi connectivity index (χ0v) is 12.3. The van der Waals surface area contributed by atoms with E-state index < -0.39 is 0 Å². The standard InChI is InChI=1S/C14H23N5O/c1-18(2)9-6-8-14(20)15-11-13-17-16-12-7-4-3-5-10-19(12)13/h6,8H,3-5,7,9-11H2,1-2H3,(H,15,20)/b8-6+. The van der Waals surface area contributed by atoms with Crippen molar-refractivity contribution in [1.82, 2.24) is 25.0 Å². The van der Waals surface area contributed by atoms with Crippen molar-refractivity contribution < 1.29 is 4.79 Å². The Morgan fingerprint density at radius 2 is 2.20 bits per heavy atom. The lowest BCUT2D eigenvalue weighted by atomic mass is 10.2. The van der Waals surface area contributed by atoms with Crippen LogP contribution in [0.2, 0.25) is 0 Å².